The summed E-state index contributed by atoms with van der Waals surface area (Å²) in [4.78, 5) is 8.55. The number of rotatable bonds is 6. The highest BCUT2D eigenvalue weighted by molar-refractivity contribution is 5.90. The van der Waals surface area contributed by atoms with Crippen molar-refractivity contribution in [1.29, 1.82) is 0 Å². The number of furan rings is 1. The van der Waals surface area contributed by atoms with Gasteiger partial charge in [0.25, 0.3) is 0 Å². The van der Waals surface area contributed by atoms with E-state index in [-0.39, 0.29) is 6.04 Å². The van der Waals surface area contributed by atoms with Crippen molar-refractivity contribution in [2.24, 2.45) is 5.73 Å². The zero-order chi connectivity index (χ0) is 18.1. The minimum absolute atomic E-state index is 0.0813. The molecule has 0 amide bonds. The summed E-state index contributed by atoms with van der Waals surface area (Å²) in [5.41, 5.74) is 7.78. The molecule has 0 radical (unpaired) electrons. The molecule has 0 unspecified atom stereocenters. The Morgan fingerprint density at radius 2 is 2.12 bits per heavy atom. The van der Waals surface area contributed by atoms with E-state index in [0.717, 1.165) is 5.39 Å². The zero-order valence-corrected chi connectivity index (χ0v) is 14.5. The van der Waals surface area contributed by atoms with E-state index in [1.54, 1.807) is 35.2 Å². The Morgan fingerprint density at radius 1 is 1.23 bits per heavy atom. The Balaban J connectivity index is 1.84. The lowest BCUT2D eigenvalue weighted by atomic mass is 10.2. The van der Waals surface area contributed by atoms with Crippen molar-refractivity contribution in [1.82, 2.24) is 19.6 Å². The number of imidazole rings is 1. The van der Waals surface area contributed by atoms with Crippen molar-refractivity contribution in [3.8, 4) is 23.1 Å². The summed E-state index contributed by atoms with van der Waals surface area (Å²) in [5, 5.41) is 5.31. The summed E-state index contributed by atoms with van der Waals surface area (Å²) in [5.74, 6) is 1.64. The molecule has 0 saturated carbocycles. The first-order valence-electron chi connectivity index (χ1n) is 8.40. The maximum absolute atomic E-state index is 6.02. The number of pyridine rings is 1. The maximum Gasteiger partial charge on any atom is 0.231 e. The Morgan fingerprint density at radius 3 is 2.92 bits per heavy atom. The van der Waals surface area contributed by atoms with Gasteiger partial charge in [0, 0.05) is 24.5 Å². The lowest BCUT2D eigenvalue weighted by molar-refractivity contribution is 0.281. The van der Waals surface area contributed by atoms with Gasteiger partial charge >= 0.3 is 0 Å². The first kappa shape index (κ1) is 16.3. The monoisotopic (exact) mass is 353 g/mol. The number of aromatic nitrogens is 4. The fraction of sp³-hybridized carbons (Fsp3) is 0.278. The molecule has 8 nitrogen and oxygen atoms in total. The largest absolute Gasteiger partial charge is 0.489 e. The molecule has 8 heteroatoms. The lowest BCUT2D eigenvalue weighted by Gasteiger charge is -2.08. The molecule has 0 aliphatic carbocycles. The van der Waals surface area contributed by atoms with Crippen LogP contribution in [0.2, 0.25) is 0 Å². The molecular formula is C18H19N5O3. The molecule has 4 aromatic heterocycles. The van der Waals surface area contributed by atoms with Crippen LogP contribution >= 0.6 is 0 Å². The molecule has 4 rings (SSSR count). The number of fused-ring (bicyclic) bond motifs is 2. The number of hydrogen-bond acceptors (Lipinski definition) is 7. The van der Waals surface area contributed by atoms with Gasteiger partial charge in [-0.25, -0.2) is 9.50 Å². The average molecular weight is 353 g/mol. The number of ether oxygens (including phenoxy) is 2. The van der Waals surface area contributed by atoms with Gasteiger partial charge in [-0.15, -0.1) is 5.10 Å². The molecule has 1 atom stereocenters. The van der Waals surface area contributed by atoms with Crippen molar-refractivity contribution < 1.29 is 13.9 Å². The summed E-state index contributed by atoms with van der Waals surface area (Å²) < 4.78 is 19.1. The van der Waals surface area contributed by atoms with Gasteiger partial charge in [-0.1, -0.05) is 0 Å². The van der Waals surface area contributed by atoms with Crippen LogP contribution in [0.25, 0.3) is 28.1 Å². The molecule has 0 aromatic carbocycles. The van der Waals surface area contributed by atoms with Crippen LogP contribution in [0.3, 0.4) is 0 Å². The second-order valence-corrected chi connectivity index (χ2v) is 5.94. The standard InChI is InChI=1S/C18H19N5O3/c1-3-24-17-12-8-20-7-6-14(12)26-18(17)13-9-21-15-4-5-16(22-23(13)15)25-10-11(2)19/h4-9,11H,3,10,19H2,1-2H3/t11-/m1/s1. The van der Waals surface area contributed by atoms with Crippen LogP contribution in [0.1, 0.15) is 13.8 Å². The highest BCUT2D eigenvalue weighted by atomic mass is 16.5. The van der Waals surface area contributed by atoms with E-state index >= 15 is 0 Å². The zero-order valence-electron chi connectivity index (χ0n) is 14.5. The molecule has 0 aliphatic rings. The van der Waals surface area contributed by atoms with Gasteiger partial charge in [0.15, 0.2) is 17.2 Å². The third kappa shape index (κ3) is 2.84. The van der Waals surface area contributed by atoms with Crippen molar-refractivity contribution in [3.63, 3.8) is 0 Å². The summed E-state index contributed by atoms with van der Waals surface area (Å²) in [6.07, 6.45) is 5.10. The van der Waals surface area contributed by atoms with Gasteiger partial charge in [0.1, 0.15) is 17.9 Å². The van der Waals surface area contributed by atoms with Gasteiger partial charge < -0.3 is 19.6 Å². The highest BCUT2D eigenvalue weighted by Gasteiger charge is 2.21. The molecule has 0 aliphatic heterocycles. The van der Waals surface area contributed by atoms with Crippen LogP contribution in [-0.2, 0) is 0 Å². The maximum atomic E-state index is 6.02. The van der Waals surface area contributed by atoms with Crippen LogP contribution in [0.4, 0.5) is 0 Å². The summed E-state index contributed by atoms with van der Waals surface area (Å²) in [7, 11) is 0. The third-order valence-corrected chi connectivity index (χ3v) is 3.80. The quantitative estimate of drug-likeness (QED) is 0.568. The van der Waals surface area contributed by atoms with E-state index in [2.05, 4.69) is 15.1 Å². The van der Waals surface area contributed by atoms with Crippen LogP contribution in [0, 0.1) is 0 Å². The van der Waals surface area contributed by atoms with E-state index in [1.807, 2.05) is 19.9 Å². The second-order valence-electron chi connectivity index (χ2n) is 5.94. The van der Waals surface area contributed by atoms with Crippen LogP contribution in [0.5, 0.6) is 11.6 Å². The Hall–Kier alpha value is -3.13. The van der Waals surface area contributed by atoms with Gasteiger partial charge in [0.05, 0.1) is 18.2 Å². The molecule has 0 fully saturated rings. The minimum atomic E-state index is -0.0813. The van der Waals surface area contributed by atoms with Crippen LogP contribution in [-0.4, -0.2) is 38.8 Å². The molecule has 0 bridgehead atoms. The van der Waals surface area contributed by atoms with E-state index in [4.69, 9.17) is 19.6 Å². The van der Waals surface area contributed by atoms with E-state index < -0.39 is 0 Å². The Labute approximate surface area is 149 Å². The Bertz CT molecular complexity index is 1050. The molecule has 4 aromatic rings. The molecule has 0 spiro atoms. The molecular weight excluding hydrogens is 334 g/mol. The van der Waals surface area contributed by atoms with Crippen LogP contribution < -0.4 is 15.2 Å². The van der Waals surface area contributed by atoms with Crippen molar-refractivity contribution in [3.05, 3.63) is 36.8 Å². The fourth-order valence-corrected chi connectivity index (χ4v) is 2.68. The number of nitrogens with zero attached hydrogens (tertiary/aromatic N) is 4. The van der Waals surface area contributed by atoms with Gasteiger partial charge in [-0.05, 0) is 26.0 Å². The fourth-order valence-electron chi connectivity index (χ4n) is 2.68. The van der Waals surface area contributed by atoms with Gasteiger partial charge in [-0.3, -0.25) is 4.98 Å². The third-order valence-electron chi connectivity index (χ3n) is 3.80. The highest BCUT2D eigenvalue weighted by Crippen LogP contribution is 2.39. The topological polar surface area (TPSA) is 101 Å². The van der Waals surface area contributed by atoms with Gasteiger partial charge in [-0.2, -0.15) is 0 Å². The smallest absolute Gasteiger partial charge is 0.231 e. The SMILES string of the molecule is CCOc1c(-c2cnc3ccc(OC[C@@H](C)N)nn23)oc2ccncc12. The van der Waals surface area contributed by atoms with E-state index in [1.165, 1.54) is 0 Å². The van der Waals surface area contributed by atoms with Crippen LogP contribution in [0.15, 0.2) is 41.2 Å². The minimum Gasteiger partial charge on any atom is -0.489 e. The first-order valence-corrected chi connectivity index (χ1v) is 8.40. The van der Waals surface area contributed by atoms with E-state index in [9.17, 15) is 0 Å². The van der Waals surface area contributed by atoms with Crippen molar-refractivity contribution in [2.75, 3.05) is 13.2 Å². The molecule has 26 heavy (non-hydrogen) atoms. The lowest BCUT2D eigenvalue weighted by Crippen LogP contribution is -2.24. The number of nitrogens with two attached hydrogens (primary N) is 1. The molecule has 134 valence electrons. The summed E-state index contributed by atoms with van der Waals surface area (Å²) in [6.45, 7) is 4.68. The van der Waals surface area contributed by atoms with Crippen molar-refractivity contribution in [2.45, 2.75) is 19.9 Å². The normalized spacial score (nSPS) is 12.6. The van der Waals surface area contributed by atoms with Gasteiger partial charge in [0.2, 0.25) is 5.88 Å². The number of hydrogen-bond donors (Lipinski definition) is 1. The first-order chi connectivity index (χ1) is 12.7. The molecule has 4 heterocycles. The Kier molecular flexibility index (Phi) is 4.18. The van der Waals surface area contributed by atoms with Crippen molar-refractivity contribution >= 4 is 16.6 Å². The predicted octanol–water partition coefficient (Wildman–Crippen LogP) is 2.66. The molecule has 2 N–H and O–H groups in total. The molecule has 0 saturated heterocycles. The van der Waals surface area contributed by atoms with E-state index in [0.29, 0.717) is 47.5 Å². The predicted molar refractivity (Wildman–Crippen MR) is 96.3 cm³/mol. The summed E-state index contributed by atoms with van der Waals surface area (Å²) >= 11 is 0. The summed E-state index contributed by atoms with van der Waals surface area (Å²) in [6, 6.07) is 5.31. The second kappa shape index (κ2) is 6.64. The average Bonchev–Trinajstić information content (AvgIpc) is 3.21.